The molecule has 1 nitrogen and oxygen atoms in total. The van der Waals surface area contributed by atoms with Crippen LogP contribution >= 0.6 is 0 Å². The van der Waals surface area contributed by atoms with E-state index >= 15 is 0 Å². The molecule has 1 rings (SSSR count). The van der Waals surface area contributed by atoms with Gasteiger partial charge in [-0.05, 0) is 42.4 Å². The molecule has 1 aromatic carbocycles. The minimum absolute atomic E-state index is 0.670. The van der Waals surface area contributed by atoms with Crippen LogP contribution in [0.2, 0.25) is 0 Å². The van der Waals surface area contributed by atoms with Crippen molar-refractivity contribution in [2.75, 3.05) is 11.9 Å². The summed E-state index contributed by atoms with van der Waals surface area (Å²) in [4.78, 5) is 0. The average Bonchev–Trinajstić information content (AvgIpc) is 2.36. The SMILES string of the molecule is CCCC(C)CNc1ccc(C(C)CC)cc1. The maximum absolute atomic E-state index is 3.51. The highest BCUT2D eigenvalue weighted by atomic mass is 14.9. The van der Waals surface area contributed by atoms with Crippen LogP contribution in [-0.4, -0.2) is 6.54 Å². The van der Waals surface area contributed by atoms with Gasteiger partial charge in [0.1, 0.15) is 0 Å². The molecule has 0 fully saturated rings. The van der Waals surface area contributed by atoms with Crippen LogP contribution in [0.1, 0.15) is 58.4 Å². The lowest BCUT2D eigenvalue weighted by Gasteiger charge is -2.14. The van der Waals surface area contributed by atoms with Gasteiger partial charge >= 0.3 is 0 Å². The highest BCUT2D eigenvalue weighted by Gasteiger charge is 2.03. The topological polar surface area (TPSA) is 12.0 Å². The van der Waals surface area contributed by atoms with Crippen molar-refractivity contribution in [3.05, 3.63) is 29.8 Å². The van der Waals surface area contributed by atoms with E-state index in [4.69, 9.17) is 0 Å². The average molecular weight is 233 g/mol. The lowest BCUT2D eigenvalue weighted by Crippen LogP contribution is -2.10. The molecular formula is C16H27N. The van der Waals surface area contributed by atoms with Crippen molar-refractivity contribution in [1.82, 2.24) is 0 Å². The van der Waals surface area contributed by atoms with Gasteiger partial charge in [-0.3, -0.25) is 0 Å². The molecule has 1 aromatic rings. The first kappa shape index (κ1) is 14.1. The van der Waals surface area contributed by atoms with E-state index in [-0.39, 0.29) is 0 Å². The Morgan fingerprint density at radius 2 is 1.71 bits per heavy atom. The predicted molar refractivity (Wildman–Crippen MR) is 77.7 cm³/mol. The van der Waals surface area contributed by atoms with Crippen molar-refractivity contribution >= 4 is 5.69 Å². The van der Waals surface area contributed by atoms with E-state index in [9.17, 15) is 0 Å². The third-order valence-electron chi connectivity index (χ3n) is 3.53. The second kappa shape index (κ2) is 7.37. The monoisotopic (exact) mass is 233 g/mol. The fourth-order valence-corrected chi connectivity index (χ4v) is 2.05. The minimum atomic E-state index is 0.670. The van der Waals surface area contributed by atoms with E-state index in [1.807, 2.05) is 0 Å². The molecule has 0 aliphatic heterocycles. The van der Waals surface area contributed by atoms with Crippen molar-refractivity contribution in [2.45, 2.75) is 52.9 Å². The Bertz CT molecular complexity index is 302. The normalized spacial score (nSPS) is 14.4. The molecule has 0 heterocycles. The van der Waals surface area contributed by atoms with E-state index in [0.717, 1.165) is 12.5 Å². The van der Waals surface area contributed by atoms with Crippen LogP contribution in [0.25, 0.3) is 0 Å². The largest absolute Gasteiger partial charge is 0.385 e. The summed E-state index contributed by atoms with van der Waals surface area (Å²) in [6.07, 6.45) is 3.79. The van der Waals surface area contributed by atoms with E-state index in [0.29, 0.717) is 5.92 Å². The van der Waals surface area contributed by atoms with E-state index in [1.165, 1.54) is 30.5 Å². The van der Waals surface area contributed by atoms with Gasteiger partial charge in [-0.15, -0.1) is 0 Å². The van der Waals surface area contributed by atoms with Gasteiger partial charge in [-0.1, -0.05) is 46.2 Å². The van der Waals surface area contributed by atoms with Gasteiger partial charge in [0.2, 0.25) is 0 Å². The van der Waals surface area contributed by atoms with Crippen LogP contribution in [0.4, 0.5) is 5.69 Å². The van der Waals surface area contributed by atoms with Crippen molar-refractivity contribution in [1.29, 1.82) is 0 Å². The molecule has 0 saturated carbocycles. The van der Waals surface area contributed by atoms with Crippen LogP contribution in [-0.2, 0) is 0 Å². The first-order valence-corrected chi connectivity index (χ1v) is 7.01. The van der Waals surface area contributed by atoms with Crippen LogP contribution in [0, 0.1) is 5.92 Å². The number of benzene rings is 1. The second-order valence-corrected chi connectivity index (χ2v) is 5.21. The van der Waals surface area contributed by atoms with Crippen LogP contribution in [0.5, 0.6) is 0 Å². The van der Waals surface area contributed by atoms with Crippen LogP contribution in [0.3, 0.4) is 0 Å². The van der Waals surface area contributed by atoms with Gasteiger partial charge in [0, 0.05) is 12.2 Å². The van der Waals surface area contributed by atoms with Crippen molar-refractivity contribution in [3.8, 4) is 0 Å². The number of rotatable bonds is 7. The Labute approximate surface area is 107 Å². The molecule has 0 aromatic heterocycles. The molecule has 0 radical (unpaired) electrons. The summed E-state index contributed by atoms with van der Waals surface area (Å²) in [6.45, 7) is 10.2. The minimum Gasteiger partial charge on any atom is -0.385 e. The summed E-state index contributed by atoms with van der Waals surface area (Å²) in [7, 11) is 0. The molecule has 2 unspecified atom stereocenters. The Kier molecular flexibility index (Phi) is 6.10. The summed E-state index contributed by atoms with van der Waals surface area (Å²) in [5, 5.41) is 3.51. The molecule has 96 valence electrons. The molecule has 0 amide bonds. The molecule has 1 N–H and O–H groups in total. The van der Waals surface area contributed by atoms with E-state index < -0.39 is 0 Å². The number of hydrogen-bond donors (Lipinski definition) is 1. The molecule has 2 atom stereocenters. The van der Waals surface area contributed by atoms with Crippen LogP contribution < -0.4 is 5.32 Å². The van der Waals surface area contributed by atoms with Gasteiger partial charge in [0.15, 0.2) is 0 Å². The standard InChI is InChI=1S/C16H27N/c1-5-7-13(3)12-17-16-10-8-15(9-11-16)14(4)6-2/h8-11,13-14,17H,5-7,12H2,1-4H3. The lowest BCUT2D eigenvalue weighted by molar-refractivity contribution is 0.551. The second-order valence-electron chi connectivity index (χ2n) is 5.21. The first-order valence-electron chi connectivity index (χ1n) is 7.01. The van der Waals surface area contributed by atoms with Gasteiger partial charge in [-0.25, -0.2) is 0 Å². The van der Waals surface area contributed by atoms with E-state index in [1.54, 1.807) is 0 Å². The van der Waals surface area contributed by atoms with Gasteiger partial charge in [0.05, 0.1) is 0 Å². The molecule has 0 aliphatic rings. The number of nitrogens with one attached hydrogen (secondary N) is 1. The summed E-state index contributed by atoms with van der Waals surface area (Å²) in [5.41, 5.74) is 2.69. The molecule has 0 aliphatic carbocycles. The highest BCUT2D eigenvalue weighted by molar-refractivity contribution is 5.45. The Hall–Kier alpha value is -0.980. The molecular weight excluding hydrogens is 206 g/mol. The number of hydrogen-bond acceptors (Lipinski definition) is 1. The molecule has 0 spiro atoms. The maximum Gasteiger partial charge on any atom is 0.0340 e. The fourth-order valence-electron chi connectivity index (χ4n) is 2.05. The van der Waals surface area contributed by atoms with Gasteiger partial charge in [0.25, 0.3) is 0 Å². The summed E-state index contributed by atoms with van der Waals surface area (Å²) in [5.74, 6) is 1.43. The maximum atomic E-state index is 3.51. The van der Waals surface area contributed by atoms with Crippen molar-refractivity contribution in [3.63, 3.8) is 0 Å². The first-order chi connectivity index (χ1) is 8.17. The molecule has 17 heavy (non-hydrogen) atoms. The number of anilines is 1. The predicted octanol–water partition coefficient (Wildman–Crippen LogP) is 5.05. The van der Waals surface area contributed by atoms with Crippen molar-refractivity contribution in [2.24, 2.45) is 5.92 Å². The molecule has 0 saturated heterocycles. The Morgan fingerprint density at radius 1 is 1.06 bits per heavy atom. The quantitative estimate of drug-likeness (QED) is 0.695. The third kappa shape index (κ3) is 4.80. The zero-order valence-electron chi connectivity index (χ0n) is 11.8. The van der Waals surface area contributed by atoms with Crippen molar-refractivity contribution < 1.29 is 0 Å². The summed E-state index contributed by atoms with van der Waals surface area (Å²) >= 11 is 0. The fraction of sp³-hybridized carbons (Fsp3) is 0.625. The zero-order chi connectivity index (χ0) is 12.7. The Morgan fingerprint density at radius 3 is 2.24 bits per heavy atom. The lowest BCUT2D eigenvalue weighted by atomic mass is 9.98. The molecule has 1 heteroatoms. The highest BCUT2D eigenvalue weighted by Crippen LogP contribution is 2.20. The van der Waals surface area contributed by atoms with Crippen LogP contribution in [0.15, 0.2) is 24.3 Å². The molecule has 0 bridgehead atoms. The smallest absolute Gasteiger partial charge is 0.0340 e. The van der Waals surface area contributed by atoms with Gasteiger partial charge < -0.3 is 5.32 Å². The van der Waals surface area contributed by atoms with E-state index in [2.05, 4.69) is 57.3 Å². The summed E-state index contributed by atoms with van der Waals surface area (Å²) in [6, 6.07) is 8.92. The zero-order valence-corrected chi connectivity index (χ0v) is 11.8. The summed E-state index contributed by atoms with van der Waals surface area (Å²) < 4.78 is 0. The Balaban J connectivity index is 2.45. The van der Waals surface area contributed by atoms with Gasteiger partial charge in [-0.2, -0.15) is 0 Å². The third-order valence-corrected chi connectivity index (χ3v) is 3.53.